The molecule has 0 radical (unpaired) electrons. The third-order valence-corrected chi connectivity index (χ3v) is 5.58. The van der Waals surface area contributed by atoms with E-state index in [2.05, 4.69) is 20.6 Å². The molecule has 178 valence electrons. The molecule has 1 heterocycles. The van der Waals surface area contributed by atoms with Crippen LogP contribution in [0.25, 0.3) is 22.0 Å². The molecular weight excluding hydrogens is 465 g/mol. The molecule has 0 bridgehead atoms. The highest BCUT2D eigenvalue weighted by atomic mass is 35.5. The lowest BCUT2D eigenvalue weighted by atomic mass is 9.97. The van der Waals surface area contributed by atoms with Crippen molar-refractivity contribution in [2.75, 3.05) is 31.3 Å². The van der Waals surface area contributed by atoms with Gasteiger partial charge in [0.1, 0.15) is 18.0 Å². The van der Waals surface area contributed by atoms with Crippen molar-refractivity contribution in [3.63, 3.8) is 0 Å². The van der Waals surface area contributed by atoms with Crippen LogP contribution in [0, 0.1) is 12.7 Å². The third-order valence-electron chi connectivity index (χ3n) is 5.29. The fraction of sp³-hybridized carbons (Fsp3) is 0.148. The standard InChI is InChI=1S/C27H25ClFN5O/c1-17-6-4-7-18(14-17)25-23(33-24(35)8-5-13-34(2)3)12-11-22-26(25)27(31-16-30-22)32-19-9-10-21(29)20(28)15-19/h4-12,14-16H,13H2,1-3H3,(H,33,35)(H,30,31,32)/b8-5+. The van der Waals surface area contributed by atoms with Crippen LogP contribution in [0.2, 0.25) is 5.02 Å². The number of likely N-dealkylation sites (N-methyl/N-ethyl adjacent to an activating group) is 1. The van der Waals surface area contributed by atoms with Crippen molar-refractivity contribution >= 4 is 45.6 Å². The van der Waals surface area contributed by atoms with E-state index in [1.54, 1.807) is 12.1 Å². The number of hydrogen-bond acceptors (Lipinski definition) is 5. The van der Waals surface area contributed by atoms with Gasteiger partial charge in [0.05, 0.1) is 15.9 Å². The lowest BCUT2D eigenvalue weighted by molar-refractivity contribution is -0.111. The number of carbonyl (C=O) groups excluding carboxylic acids is 1. The van der Waals surface area contributed by atoms with Gasteiger partial charge in [0.15, 0.2) is 0 Å². The van der Waals surface area contributed by atoms with Gasteiger partial charge in [-0.15, -0.1) is 0 Å². The van der Waals surface area contributed by atoms with E-state index < -0.39 is 5.82 Å². The van der Waals surface area contributed by atoms with Gasteiger partial charge in [-0.3, -0.25) is 4.79 Å². The van der Waals surface area contributed by atoms with E-state index in [1.807, 2.05) is 62.3 Å². The fourth-order valence-electron chi connectivity index (χ4n) is 3.71. The summed E-state index contributed by atoms with van der Waals surface area (Å²) in [5, 5.41) is 6.96. The van der Waals surface area contributed by atoms with E-state index in [0.29, 0.717) is 34.6 Å². The molecule has 0 spiro atoms. The summed E-state index contributed by atoms with van der Waals surface area (Å²) in [6.45, 7) is 2.66. The van der Waals surface area contributed by atoms with E-state index >= 15 is 0 Å². The molecule has 6 nitrogen and oxygen atoms in total. The van der Waals surface area contributed by atoms with Crippen molar-refractivity contribution in [1.82, 2.24) is 14.9 Å². The van der Waals surface area contributed by atoms with Gasteiger partial charge in [0.2, 0.25) is 5.91 Å². The number of halogens is 2. The maximum Gasteiger partial charge on any atom is 0.248 e. The van der Waals surface area contributed by atoms with Crippen LogP contribution in [-0.2, 0) is 4.79 Å². The first-order valence-electron chi connectivity index (χ1n) is 11.0. The van der Waals surface area contributed by atoms with Gasteiger partial charge in [0.25, 0.3) is 0 Å². The molecule has 0 aliphatic carbocycles. The normalized spacial score (nSPS) is 11.4. The first-order valence-corrected chi connectivity index (χ1v) is 11.4. The average molecular weight is 490 g/mol. The van der Waals surface area contributed by atoms with E-state index in [9.17, 15) is 9.18 Å². The van der Waals surface area contributed by atoms with Gasteiger partial charge >= 0.3 is 0 Å². The van der Waals surface area contributed by atoms with Crippen LogP contribution >= 0.6 is 11.6 Å². The second-order valence-corrected chi connectivity index (χ2v) is 8.79. The van der Waals surface area contributed by atoms with Gasteiger partial charge in [-0.25, -0.2) is 14.4 Å². The van der Waals surface area contributed by atoms with Crippen LogP contribution in [0.4, 0.5) is 21.6 Å². The van der Waals surface area contributed by atoms with Crippen molar-refractivity contribution in [3.8, 4) is 11.1 Å². The van der Waals surface area contributed by atoms with Crippen molar-refractivity contribution < 1.29 is 9.18 Å². The van der Waals surface area contributed by atoms with Gasteiger partial charge in [0, 0.05) is 29.6 Å². The zero-order valence-corrected chi connectivity index (χ0v) is 20.4. The number of nitrogens with zero attached hydrogens (tertiary/aromatic N) is 3. The SMILES string of the molecule is Cc1cccc(-c2c(NC(=O)/C=C/CN(C)C)ccc3ncnc(Nc4ccc(F)c(Cl)c4)c23)c1. The molecule has 0 fully saturated rings. The Kier molecular flexibility index (Phi) is 7.39. The molecule has 0 unspecified atom stereocenters. The van der Waals surface area contributed by atoms with Crippen LogP contribution in [0.1, 0.15) is 5.56 Å². The summed E-state index contributed by atoms with van der Waals surface area (Å²) >= 11 is 5.98. The molecule has 0 aliphatic rings. The fourth-order valence-corrected chi connectivity index (χ4v) is 3.89. The highest BCUT2D eigenvalue weighted by molar-refractivity contribution is 6.31. The van der Waals surface area contributed by atoms with Crippen LogP contribution in [0.3, 0.4) is 0 Å². The van der Waals surface area contributed by atoms with Gasteiger partial charge < -0.3 is 15.5 Å². The van der Waals surface area contributed by atoms with Crippen molar-refractivity contribution in [2.24, 2.45) is 0 Å². The maximum atomic E-state index is 13.7. The monoisotopic (exact) mass is 489 g/mol. The zero-order chi connectivity index (χ0) is 24.9. The summed E-state index contributed by atoms with van der Waals surface area (Å²) in [6, 6.07) is 16.0. The minimum Gasteiger partial charge on any atom is -0.340 e. The minimum atomic E-state index is -0.502. The van der Waals surface area contributed by atoms with Gasteiger partial charge in [-0.2, -0.15) is 0 Å². The molecular formula is C27H25ClFN5O. The molecule has 35 heavy (non-hydrogen) atoms. The van der Waals surface area contributed by atoms with Crippen LogP contribution < -0.4 is 10.6 Å². The summed E-state index contributed by atoms with van der Waals surface area (Å²) in [7, 11) is 3.87. The summed E-state index contributed by atoms with van der Waals surface area (Å²) in [5.74, 6) is -0.234. The number of aryl methyl sites for hydroxylation is 1. The van der Waals surface area contributed by atoms with E-state index in [-0.39, 0.29) is 10.9 Å². The first kappa shape index (κ1) is 24.3. The number of hydrogen-bond donors (Lipinski definition) is 2. The number of rotatable bonds is 7. The summed E-state index contributed by atoms with van der Waals surface area (Å²) < 4.78 is 13.7. The van der Waals surface area contributed by atoms with Gasteiger partial charge in [-0.1, -0.05) is 47.5 Å². The Morgan fingerprint density at radius 2 is 1.94 bits per heavy atom. The predicted molar refractivity (Wildman–Crippen MR) is 141 cm³/mol. The Hall–Kier alpha value is -3.81. The molecule has 1 amide bonds. The number of fused-ring (bicyclic) bond motifs is 1. The zero-order valence-electron chi connectivity index (χ0n) is 19.6. The third kappa shape index (κ3) is 5.82. The second kappa shape index (κ2) is 10.6. The molecule has 0 atom stereocenters. The molecule has 4 aromatic rings. The lowest BCUT2D eigenvalue weighted by Crippen LogP contribution is -2.13. The van der Waals surface area contributed by atoms with Crippen LogP contribution in [-0.4, -0.2) is 41.4 Å². The average Bonchev–Trinajstić information content (AvgIpc) is 2.81. The maximum absolute atomic E-state index is 13.7. The molecule has 0 saturated carbocycles. The smallest absolute Gasteiger partial charge is 0.248 e. The first-order chi connectivity index (χ1) is 16.8. The van der Waals surface area contributed by atoms with Crippen LogP contribution in [0.5, 0.6) is 0 Å². The second-order valence-electron chi connectivity index (χ2n) is 8.38. The summed E-state index contributed by atoms with van der Waals surface area (Å²) in [4.78, 5) is 23.6. The highest BCUT2D eigenvalue weighted by Crippen LogP contribution is 2.39. The molecule has 0 saturated heterocycles. The van der Waals surface area contributed by atoms with Crippen molar-refractivity contribution in [2.45, 2.75) is 6.92 Å². The minimum absolute atomic E-state index is 0.00438. The quantitative estimate of drug-likeness (QED) is 0.302. The number of aromatic nitrogens is 2. The van der Waals surface area contributed by atoms with E-state index in [4.69, 9.17) is 11.6 Å². The van der Waals surface area contributed by atoms with Crippen LogP contribution in [0.15, 0.2) is 73.1 Å². The molecule has 1 aromatic heterocycles. The molecule has 8 heteroatoms. The van der Waals surface area contributed by atoms with Gasteiger partial charge in [-0.05, 0) is 56.9 Å². The number of amides is 1. The number of nitrogens with one attached hydrogen (secondary N) is 2. The van der Waals surface area contributed by atoms with E-state index in [1.165, 1.54) is 24.5 Å². The van der Waals surface area contributed by atoms with Crippen molar-refractivity contribution in [3.05, 3.63) is 89.5 Å². The molecule has 4 rings (SSSR count). The summed E-state index contributed by atoms with van der Waals surface area (Å²) in [6.07, 6.45) is 4.78. The molecule has 0 aliphatic heterocycles. The van der Waals surface area contributed by atoms with E-state index in [0.717, 1.165) is 16.7 Å². The topological polar surface area (TPSA) is 70.2 Å². The Labute approximate surface area is 208 Å². The highest BCUT2D eigenvalue weighted by Gasteiger charge is 2.17. The Morgan fingerprint density at radius 1 is 1.11 bits per heavy atom. The molecule has 2 N–H and O–H groups in total. The Morgan fingerprint density at radius 3 is 2.69 bits per heavy atom. The lowest BCUT2D eigenvalue weighted by Gasteiger charge is -2.17. The molecule has 3 aromatic carbocycles. The summed E-state index contributed by atoms with van der Waals surface area (Å²) in [5.41, 5.74) is 4.63. The Balaban J connectivity index is 1.86. The number of carbonyl (C=O) groups is 1. The van der Waals surface area contributed by atoms with Crippen molar-refractivity contribution in [1.29, 1.82) is 0 Å². The number of benzene rings is 3. The predicted octanol–water partition coefficient (Wildman–Crippen LogP) is 6.20. The number of anilines is 3. The largest absolute Gasteiger partial charge is 0.340 e. The Bertz CT molecular complexity index is 1420.